The first-order valence-corrected chi connectivity index (χ1v) is 4.88. The van der Waals surface area contributed by atoms with Crippen LogP contribution in [0.25, 0.3) is 6.08 Å². The average Bonchev–Trinajstić information content (AvgIpc) is 2.26. The molecule has 0 aromatic heterocycles. The maximum Gasteiger partial charge on any atom is 0.246 e. The molecule has 0 fully saturated rings. The van der Waals surface area contributed by atoms with Crippen molar-refractivity contribution in [3.63, 3.8) is 0 Å². The molecule has 0 saturated heterocycles. The van der Waals surface area contributed by atoms with Crippen molar-refractivity contribution in [3.8, 4) is 5.75 Å². The second kappa shape index (κ2) is 5.87. The summed E-state index contributed by atoms with van der Waals surface area (Å²) in [5.41, 5.74) is 0.710. The van der Waals surface area contributed by atoms with E-state index in [0.29, 0.717) is 12.0 Å². The molecule has 0 saturated carbocycles. The van der Waals surface area contributed by atoms with E-state index in [2.05, 4.69) is 0 Å². The molecule has 0 aliphatic carbocycles. The fraction of sp³-hybridized carbons (Fsp3) is 0.273. The van der Waals surface area contributed by atoms with Gasteiger partial charge in [0.1, 0.15) is 5.75 Å². The molecule has 0 radical (unpaired) electrons. The molecule has 1 rings (SSSR count). The van der Waals surface area contributed by atoms with Gasteiger partial charge in [-0.3, -0.25) is 10.1 Å². The normalized spacial score (nSPS) is 11.4. The van der Waals surface area contributed by atoms with Crippen LogP contribution in [0.3, 0.4) is 0 Å². The van der Waals surface area contributed by atoms with Crippen molar-refractivity contribution in [2.24, 2.45) is 0 Å². The van der Waals surface area contributed by atoms with Gasteiger partial charge in [-0.15, -0.1) is 0 Å². The standard InChI is InChI=1S/C11H13NO4/c13-7-1-2-10(12(15)16)8-9-3-5-11(14)6-4-9/h3-6,8,13-14H,1-2,7H2/b10-8+. The Morgan fingerprint density at radius 3 is 2.50 bits per heavy atom. The molecule has 0 atom stereocenters. The first kappa shape index (κ1) is 12.2. The summed E-state index contributed by atoms with van der Waals surface area (Å²) in [4.78, 5) is 10.2. The van der Waals surface area contributed by atoms with Gasteiger partial charge in [0.05, 0.1) is 4.92 Å². The summed E-state index contributed by atoms with van der Waals surface area (Å²) in [5.74, 6) is 0.121. The van der Waals surface area contributed by atoms with Gasteiger partial charge < -0.3 is 10.2 Å². The molecule has 5 heteroatoms. The number of allylic oxidation sites excluding steroid dienone is 1. The molecule has 1 aromatic rings. The Balaban J connectivity index is 2.84. The lowest BCUT2D eigenvalue weighted by Gasteiger charge is -1.98. The number of phenolic OH excluding ortho intramolecular Hbond substituents is 1. The molecular formula is C11H13NO4. The van der Waals surface area contributed by atoms with E-state index in [0.717, 1.165) is 0 Å². The van der Waals surface area contributed by atoms with Crippen molar-refractivity contribution in [2.75, 3.05) is 6.61 Å². The SMILES string of the molecule is O=[N+]([O-])/C(=C/c1ccc(O)cc1)CCCO. The van der Waals surface area contributed by atoms with Gasteiger partial charge in [-0.2, -0.15) is 0 Å². The van der Waals surface area contributed by atoms with Gasteiger partial charge in [0, 0.05) is 19.1 Å². The monoisotopic (exact) mass is 223 g/mol. The highest BCUT2D eigenvalue weighted by Gasteiger charge is 2.09. The van der Waals surface area contributed by atoms with Crippen LogP contribution >= 0.6 is 0 Å². The number of hydrogen-bond acceptors (Lipinski definition) is 4. The molecule has 0 unspecified atom stereocenters. The number of phenols is 1. The second-order valence-corrected chi connectivity index (χ2v) is 3.31. The number of aliphatic hydroxyl groups is 1. The van der Waals surface area contributed by atoms with Crippen molar-refractivity contribution < 1.29 is 15.1 Å². The molecular weight excluding hydrogens is 210 g/mol. The third kappa shape index (κ3) is 3.70. The lowest BCUT2D eigenvalue weighted by molar-refractivity contribution is -0.426. The third-order valence-electron chi connectivity index (χ3n) is 2.05. The van der Waals surface area contributed by atoms with Gasteiger partial charge >= 0.3 is 0 Å². The maximum atomic E-state index is 10.7. The Kier molecular flexibility index (Phi) is 4.47. The van der Waals surface area contributed by atoms with E-state index < -0.39 is 4.92 Å². The fourth-order valence-corrected chi connectivity index (χ4v) is 1.24. The Bertz CT molecular complexity index is 383. The maximum absolute atomic E-state index is 10.7. The van der Waals surface area contributed by atoms with Crippen molar-refractivity contribution in [3.05, 3.63) is 45.6 Å². The van der Waals surface area contributed by atoms with E-state index >= 15 is 0 Å². The number of aliphatic hydroxyl groups excluding tert-OH is 1. The zero-order valence-corrected chi connectivity index (χ0v) is 8.67. The summed E-state index contributed by atoms with van der Waals surface area (Å²) in [5, 5.41) is 28.4. The van der Waals surface area contributed by atoms with Crippen molar-refractivity contribution >= 4 is 6.08 Å². The predicted octanol–water partition coefficient (Wildman–Crippen LogP) is 1.78. The smallest absolute Gasteiger partial charge is 0.246 e. The van der Waals surface area contributed by atoms with Gasteiger partial charge in [0.15, 0.2) is 0 Å². The number of benzene rings is 1. The zero-order valence-electron chi connectivity index (χ0n) is 8.67. The highest BCUT2D eigenvalue weighted by molar-refractivity contribution is 5.52. The van der Waals surface area contributed by atoms with Crippen LogP contribution in [-0.4, -0.2) is 21.7 Å². The quantitative estimate of drug-likeness (QED) is 0.588. The van der Waals surface area contributed by atoms with E-state index in [-0.39, 0.29) is 24.5 Å². The summed E-state index contributed by atoms with van der Waals surface area (Å²) in [6.07, 6.45) is 2.03. The van der Waals surface area contributed by atoms with Crippen LogP contribution < -0.4 is 0 Å². The third-order valence-corrected chi connectivity index (χ3v) is 2.05. The molecule has 0 aliphatic rings. The van der Waals surface area contributed by atoms with Crippen LogP contribution in [0, 0.1) is 10.1 Å². The van der Waals surface area contributed by atoms with Crippen molar-refractivity contribution in [1.82, 2.24) is 0 Å². The minimum atomic E-state index is -0.456. The van der Waals surface area contributed by atoms with Crippen LogP contribution in [0.4, 0.5) is 0 Å². The van der Waals surface area contributed by atoms with Crippen LogP contribution in [0.1, 0.15) is 18.4 Å². The average molecular weight is 223 g/mol. The summed E-state index contributed by atoms with van der Waals surface area (Å²) in [6.45, 7) is -0.0687. The van der Waals surface area contributed by atoms with E-state index in [4.69, 9.17) is 10.2 Å². The minimum absolute atomic E-state index is 0.0553. The largest absolute Gasteiger partial charge is 0.508 e. The molecule has 0 amide bonds. The Morgan fingerprint density at radius 1 is 1.38 bits per heavy atom. The van der Waals surface area contributed by atoms with Gasteiger partial charge in [-0.05, 0) is 24.1 Å². The molecule has 0 bridgehead atoms. The molecule has 2 N–H and O–H groups in total. The Labute approximate surface area is 92.8 Å². The van der Waals surface area contributed by atoms with E-state index in [1.807, 2.05) is 0 Å². The molecule has 0 heterocycles. The molecule has 0 aliphatic heterocycles. The highest BCUT2D eigenvalue weighted by atomic mass is 16.6. The summed E-state index contributed by atoms with van der Waals surface area (Å²) in [6, 6.07) is 6.13. The number of nitro groups is 1. The molecule has 5 nitrogen and oxygen atoms in total. The molecule has 16 heavy (non-hydrogen) atoms. The predicted molar refractivity (Wildman–Crippen MR) is 59.4 cm³/mol. The van der Waals surface area contributed by atoms with Crippen LogP contribution in [0.15, 0.2) is 30.0 Å². The van der Waals surface area contributed by atoms with E-state index in [9.17, 15) is 10.1 Å². The van der Waals surface area contributed by atoms with Crippen LogP contribution in [0.2, 0.25) is 0 Å². The fourth-order valence-electron chi connectivity index (χ4n) is 1.24. The minimum Gasteiger partial charge on any atom is -0.508 e. The second-order valence-electron chi connectivity index (χ2n) is 3.31. The lowest BCUT2D eigenvalue weighted by Crippen LogP contribution is -1.99. The number of aromatic hydroxyl groups is 1. The number of hydrogen-bond donors (Lipinski definition) is 2. The Hall–Kier alpha value is -1.88. The van der Waals surface area contributed by atoms with Gasteiger partial charge in [0.2, 0.25) is 5.70 Å². The number of nitrogens with zero attached hydrogens (tertiary/aromatic N) is 1. The molecule has 0 spiro atoms. The van der Waals surface area contributed by atoms with Crippen molar-refractivity contribution in [1.29, 1.82) is 0 Å². The molecule has 86 valence electrons. The van der Waals surface area contributed by atoms with Crippen molar-refractivity contribution in [2.45, 2.75) is 12.8 Å². The topological polar surface area (TPSA) is 83.6 Å². The van der Waals surface area contributed by atoms with Crippen LogP contribution in [-0.2, 0) is 0 Å². The van der Waals surface area contributed by atoms with Crippen LogP contribution in [0.5, 0.6) is 5.75 Å². The lowest BCUT2D eigenvalue weighted by atomic mass is 10.1. The zero-order chi connectivity index (χ0) is 12.0. The van der Waals surface area contributed by atoms with Gasteiger partial charge in [-0.25, -0.2) is 0 Å². The summed E-state index contributed by atoms with van der Waals surface area (Å²) < 4.78 is 0. The Morgan fingerprint density at radius 2 is 2.00 bits per heavy atom. The summed E-state index contributed by atoms with van der Waals surface area (Å²) >= 11 is 0. The van der Waals surface area contributed by atoms with E-state index in [1.165, 1.54) is 18.2 Å². The molecule has 1 aromatic carbocycles. The van der Waals surface area contributed by atoms with Gasteiger partial charge in [0.25, 0.3) is 0 Å². The number of rotatable bonds is 5. The van der Waals surface area contributed by atoms with E-state index in [1.54, 1.807) is 12.1 Å². The highest BCUT2D eigenvalue weighted by Crippen LogP contribution is 2.15. The first-order chi connectivity index (χ1) is 7.63. The van der Waals surface area contributed by atoms with Gasteiger partial charge in [-0.1, -0.05) is 12.1 Å². The first-order valence-electron chi connectivity index (χ1n) is 4.88. The summed E-state index contributed by atoms with van der Waals surface area (Å²) in [7, 11) is 0.